The lowest BCUT2D eigenvalue weighted by molar-refractivity contribution is -0.135. The van der Waals surface area contributed by atoms with Crippen molar-refractivity contribution in [3.63, 3.8) is 0 Å². The molecular weight excluding hydrogens is 216 g/mol. The minimum atomic E-state index is -0.407. The van der Waals surface area contributed by atoms with Crippen LogP contribution >= 0.6 is 0 Å². The van der Waals surface area contributed by atoms with Crippen molar-refractivity contribution in [3.8, 4) is 0 Å². The third-order valence-corrected chi connectivity index (χ3v) is 4.69. The van der Waals surface area contributed by atoms with Gasteiger partial charge in [-0.15, -0.1) is 0 Å². The first kappa shape index (κ1) is 9.77. The molecule has 0 spiro atoms. The molecule has 0 aromatic rings. The van der Waals surface area contributed by atoms with E-state index in [2.05, 4.69) is 26.0 Å². The number of rotatable bonds is 0. The van der Waals surface area contributed by atoms with E-state index in [4.69, 9.17) is 4.74 Å². The molecule has 4 aliphatic rings. The Morgan fingerprint density at radius 3 is 1.88 bits per heavy atom. The first-order valence-corrected chi connectivity index (χ1v) is 6.20. The number of hydrogen-bond acceptors (Lipinski definition) is 3. The fourth-order valence-corrected chi connectivity index (χ4v) is 4.04. The zero-order chi connectivity index (χ0) is 11.9. The van der Waals surface area contributed by atoms with Crippen molar-refractivity contribution in [2.45, 2.75) is 26.1 Å². The summed E-state index contributed by atoms with van der Waals surface area (Å²) in [5, 5.41) is 0. The monoisotopic (exact) mass is 230 g/mol. The van der Waals surface area contributed by atoms with Crippen molar-refractivity contribution >= 4 is 11.6 Å². The van der Waals surface area contributed by atoms with Crippen molar-refractivity contribution in [1.29, 1.82) is 0 Å². The van der Waals surface area contributed by atoms with Crippen molar-refractivity contribution in [1.82, 2.24) is 0 Å². The van der Waals surface area contributed by atoms with E-state index in [-0.39, 0.29) is 35.2 Å². The van der Waals surface area contributed by atoms with E-state index in [1.807, 2.05) is 0 Å². The Labute approximate surface area is 99.5 Å². The van der Waals surface area contributed by atoms with Crippen LogP contribution in [0.25, 0.3) is 0 Å². The normalized spacial score (nSPS) is 49.4. The molecule has 0 amide bonds. The van der Waals surface area contributed by atoms with Gasteiger partial charge in [-0.25, -0.2) is 0 Å². The lowest BCUT2D eigenvalue weighted by atomic mass is 9.72. The van der Waals surface area contributed by atoms with Crippen molar-refractivity contribution in [3.05, 3.63) is 23.3 Å². The zero-order valence-electron chi connectivity index (χ0n) is 9.84. The molecule has 3 fully saturated rings. The number of carbonyl (C=O) groups excluding carboxylic acids is 2. The number of ether oxygens (including phenoxy) is 1. The minimum absolute atomic E-state index is 0.133. The summed E-state index contributed by atoms with van der Waals surface area (Å²) in [6.07, 6.45) is 3.41. The van der Waals surface area contributed by atoms with Gasteiger partial charge >= 0.3 is 0 Å². The number of Topliss-reactive ketones (excluding diaryl/α,β-unsaturated/α-hetero) is 2. The highest BCUT2D eigenvalue weighted by atomic mass is 16.6. The van der Waals surface area contributed by atoms with Crippen LogP contribution in [-0.2, 0) is 14.3 Å². The molecule has 3 heteroatoms. The van der Waals surface area contributed by atoms with E-state index >= 15 is 0 Å². The summed E-state index contributed by atoms with van der Waals surface area (Å²) >= 11 is 0. The van der Waals surface area contributed by atoms with Crippen molar-refractivity contribution in [2.24, 2.45) is 23.7 Å². The maximum atomic E-state index is 12.2. The molecule has 1 aliphatic heterocycles. The van der Waals surface area contributed by atoms with Gasteiger partial charge in [-0.05, 0) is 13.8 Å². The topological polar surface area (TPSA) is 46.7 Å². The summed E-state index contributed by atoms with van der Waals surface area (Å²) in [4.78, 5) is 24.4. The Morgan fingerprint density at radius 2 is 1.47 bits per heavy atom. The van der Waals surface area contributed by atoms with E-state index < -0.39 is 12.2 Å². The Kier molecular flexibility index (Phi) is 1.60. The second kappa shape index (κ2) is 2.78. The third kappa shape index (κ3) is 0.974. The Bertz CT molecular complexity index is 472. The molecule has 0 aromatic heterocycles. The highest BCUT2D eigenvalue weighted by Gasteiger charge is 2.67. The van der Waals surface area contributed by atoms with Crippen molar-refractivity contribution < 1.29 is 14.3 Å². The molecule has 6 atom stereocenters. The second-order valence-electron chi connectivity index (χ2n) is 5.73. The summed E-state index contributed by atoms with van der Waals surface area (Å²) in [6, 6.07) is 0. The molecule has 2 bridgehead atoms. The van der Waals surface area contributed by atoms with Gasteiger partial charge in [0, 0.05) is 23.7 Å². The molecule has 4 rings (SSSR count). The first-order valence-electron chi connectivity index (χ1n) is 6.20. The third-order valence-electron chi connectivity index (χ3n) is 4.69. The van der Waals surface area contributed by atoms with Crippen LogP contribution in [0.1, 0.15) is 13.8 Å². The quantitative estimate of drug-likeness (QED) is 0.465. The molecular formula is C14H14O3. The molecule has 3 aliphatic carbocycles. The van der Waals surface area contributed by atoms with E-state index in [1.54, 1.807) is 0 Å². The first-order chi connectivity index (χ1) is 8.11. The maximum absolute atomic E-state index is 12.2. The standard InChI is InChI=1S/C14H14O3/c1-5(2)8-6-3-4-7(8)10-9(6)11(15)13-14(17-13)12(10)16/h3-4,6-7,9-10,13-14H,1-2H3. The lowest BCUT2D eigenvalue weighted by Crippen LogP contribution is -2.43. The molecule has 1 heterocycles. The maximum Gasteiger partial charge on any atom is 0.169 e. The van der Waals surface area contributed by atoms with Gasteiger partial charge in [0.05, 0.1) is 0 Å². The smallest absolute Gasteiger partial charge is 0.169 e. The number of carbonyl (C=O) groups is 2. The summed E-state index contributed by atoms with van der Waals surface area (Å²) in [5.74, 6) is 0.385. The number of ketones is 2. The van der Waals surface area contributed by atoms with E-state index in [1.165, 1.54) is 11.1 Å². The number of allylic oxidation sites excluding steroid dienone is 4. The molecule has 6 unspecified atom stereocenters. The van der Waals surface area contributed by atoms with Gasteiger partial charge in [-0.2, -0.15) is 0 Å². The highest BCUT2D eigenvalue weighted by molar-refractivity contribution is 6.07. The van der Waals surface area contributed by atoms with Crippen LogP contribution in [0.5, 0.6) is 0 Å². The van der Waals surface area contributed by atoms with E-state index in [0.29, 0.717) is 0 Å². The molecule has 0 N–H and O–H groups in total. The van der Waals surface area contributed by atoms with Gasteiger partial charge in [0.15, 0.2) is 23.8 Å². The summed E-state index contributed by atoms with van der Waals surface area (Å²) in [7, 11) is 0. The SMILES string of the molecule is CC(C)=C1C2C=CC1C1C(=O)C3OC3C(=O)C21. The lowest BCUT2D eigenvalue weighted by Gasteiger charge is -2.26. The van der Waals surface area contributed by atoms with E-state index in [9.17, 15) is 9.59 Å². The average Bonchev–Trinajstić information content (AvgIpc) is 2.89. The molecule has 2 saturated carbocycles. The van der Waals surface area contributed by atoms with Crippen LogP contribution in [0.4, 0.5) is 0 Å². The number of hydrogen-bond donors (Lipinski definition) is 0. The fourth-order valence-electron chi connectivity index (χ4n) is 4.04. The van der Waals surface area contributed by atoms with Gasteiger partial charge in [0.25, 0.3) is 0 Å². The van der Waals surface area contributed by atoms with Crippen molar-refractivity contribution in [2.75, 3.05) is 0 Å². The molecule has 17 heavy (non-hydrogen) atoms. The van der Waals surface area contributed by atoms with Crippen LogP contribution in [0.3, 0.4) is 0 Å². The minimum Gasteiger partial charge on any atom is -0.353 e. The van der Waals surface area contributed by atoms with Crippen LogP contribution in [0.15, 0.2) is 23.3 Å². The fraction of sp³-hybridized carbons (Fsp3) is 0.571. The summed E-state index contributed by atoms with van der Waals surface area (Å²) < 4.78 is 5.22. The number of fused-ring (bicyclic) bond motifs is 6. The Hall–Kier alpha value is -1.22. The van der Waals surface area contributed by atoms with E-state index in [0.717, 1.165) is 0 Å². The Balaban J connectivity index is 1.87. The van der Waals surface area contributed by atoms with Gasteiger partial charge < -0.3 is 4.74 Å². The van der Waals surface area contributed by atoms with Crippen LogP contribution in [0, 0.1) is 23.7 Å². The summed E-state index contributed by atoms with van der Waals surface area (Å²) in [5.41, 5.74) is 2.57. The Morgan fingerprint density at radius 1 is 1.00 bits per heavy atom. The molecule has 0 radical (unpaired) electrons. The second-order valence-corrected chi connectivity index (χ2v) is 5.73. The molecule has 0 aromatic carbocycles. The highest BCUT2D eigenvalue weighted by Crippen LogP contribution is 2.58. The molecule has 88 valence electrons. The molecule has 1 saturated heterocycles. The predicted octanol–water partition coefficient (Wildman–Crippen LogP) is 1.29. The predicted molar refractivity (Wildman–Crippen MR) is 60.1 cm³/mol. The number of epoxide rings is 1. The van der Waals surface area contributed by atoms with Gasteiger partial charge in [0.2, 0.25) is 0 Å². The van der Waals surface area contributed by atoms with Crippen LogP contribution in [0.2, 0.25) is 0 Å². The van der Waals surface area contributed by atoms with Crippen LogP contribution in [-0.4, -0.2) is 23.8 Å². The molecule has 3 nitrogen and oxygen atoms in total. The van der Waals surface area contributed by atoms with Gasteiger partial charge in [-0.1, -0.05) is 23.3 Å². The van der Waals surface area contributed by atoms with Crippen LogP contribution < -0.4 is 0 Å². The largest absolute Gasteiger partial charge is 0.353 e. The zero-order valence-corrected chi connectivity index (χ0v) is 9.84. The van der Waals surface area contributed by atoms with Gasteiger partial charge in [-0.3, -0.25) is 9.59 Å². The van der Waals surface area contributed by atoms with Gasteiger partial charge in [0.1, 0.15) is 0 Å². The average molecular weight is 230 g/mol. The summed E-state index contributed by atoms with van der Waals surface area (Å²) in [6.45, 7) is 4.15.